The fourth-order valence-electron chi connectivity index (χ4n) is 1.57. The Kier molecular flexibility index (Phi) is 7.62. The van der Waals surface area contributed by atoms with Crippen molar-refractivity contribution in [3.63, 3.8) is 0 Å². The number of carbonyl (C=O) groups is 1. The first-order valence-corrected chi connectivity index (χ1v) is 6.64. The summed E-state index contributed by atoms with van der Waals surface area (Å²) in [5.74, 6) is 0. The quantitative estimate of drug-likeness (QED) is 0.820. The van der Waals surface area contributed by atoms with Crippen molar-refractivity contribution < 1.29 is 14.3 Å². The van der Waals surface area contributed by atoms with Crippen LogP contribution in [0.4, 0.5) is 4.79 Å². The molecule has 1 amide bonds. The number of amides is 1. The SMILES string of the molecule is CC.O=C(NNC1CCOC1)OCc1ccccc1. The van der Waals surface area contributed by atoms with Crippen LogP contribution in [0.3, 0.4) is 0 Å². The van der Waals surface area contributed by atoms with Gasteiger partial charge >= 0.3 is 6.09 Å². The lowest BCUT2D eigenvalue weighted by molar-refractivity contribution is 0.131. The van der Waals surface area contributed by atoms with Gasteiger partial charge in [-0.15, -0.1) is 0 Å². The standard InChI is InChI=1S/C12H16N2O3.C2H6/c15-12(14-13-11-6-7-16-9-11)17-8-10-4-2-1-3-5-10;1-2/h1-5,11,13H,6-9H2,(H,14,15);1-2H3. The smallest absolute Gasteiger partial charge is 0.421 e. The van der Waals surface area contributed by atoms with Crippen molar-refractivity contribution in [3.8, 4) is 0 Å². The highest BCUT2D eigenvalue weighted by atomic mass is 16.6. The normalized spacial score (nSPS) is 17.3. The molecule has 0 radical (unpaired) electrons. The zero-order valence-corrected chi connectivity index (χ0v) is 11.5. The van der Waals surface area contributed by atoms with Crippen molar-refractivity contribution in [3.05, 3.63) is 35.9 Å². The van der Waals surface area contributed by atoms with Gasteiger partial charge in [-0.05, 0) is 12.0 Å². The minimum absolute atomic E-state index is 0.180. The fraction of sp³-hybridized carbons (Fsp3) is 0.500. The summed E-state index contributed by atoms with van der Waals surface area (Å²) < 4.78 is 10.2. The summed E-state index contributed by atoms with van der Waals surface area (Å²) in [6.45, 7) is 5.63. The van der Waals surface area contributed by atoms with Crippen LogP contribution in [0, 0.1) is 0 Å². The molecule has 1 atom stereocenters. The third-order valence-electron chi connectivity index (χ3n) is 2.52. The van der Waals surface area contributed by atoms with Crippen LogP contribution < -0.4 is 10.9 Å². The van der Waals surface area contributed by atoms with Crippen LogP contribution in [0.5, 0.6) is 0 Å². The molecule has 0 aromatic heterocycles. The second-order valence-electron chi connectivity index (χ2n) is 3.89. The third kappa shape index (κ3) is 6.22. The van der Waals surface area contributed by atoms with Gasteiger partial charge in [0.25, 0.3) is 0 Å². The second-order valence-corrected chi connectivity index (χ2v) is 3.89. The van der Waals surface area contributed by atoms with E-state index in [2.05, 4.69) is 10.9 Å². The summed E-state index contributed by atoms with van der Waals surface area (Å²) in [5.41, 5.74) is 6.34. The van der Waals surface area contributed by atoms with Gasteiger partial charge in [-0.2, -0.15) is 0 Å². The highest BCUT2D eigenvalue weighted by Gasteiger charge is 2.15. The highest BCUT2D eigenvalue weighted by molar-refractivity contribution is 5.66. The number of hydrogen-bond donors (Lipinski definition) is 2. The molecule has 106 valence electrons. The van der Waals surface area contributed by atoms with Crippen LogP contribution in [-0.2, 0) is 16.1 Å². The Morgan fingerprint density at radius 2 is 2.11 bits per heavy atom. The van der Waals surface area contributed by atoms with E-state index in [-0.39, 0.29) is 12.6 Å². The first kappa shape index (κ1) is 15.5. The molecular weight excluding hydrogens is 244 g/mol. The summed E-state index contributed by atoms with van der Waals surface area (Å²) in [5, 5.41) is 0. The molecular formula is C14H22N2O3. The molecule has 1 unspecified atom stereocenters. The molecule has 1 aromatic rings. The molecule has 1 heterocycles. The molecule has 0 spiro atoms. The molecule has 1 saturated heterocycles. The topological polar surface area (TPSA) is 59.6 Å². The Hall–Kier alpha value is -1.59. The van der Waals surface area contributed by atoms with Gasteiger partial charge in [0.05, 0.1) is 12.6 Å². The highest BCUT2D eigenvalue weighted by Crippen LogP contribution is 2.02. The summed E-state index contributed by atoms with van der Waals surface area (Å²) in [4.78, 5) is 11.3. The Balaban J connectivity index is 0.000000861. The molecule has 1 fully saturated rings. The molecule has 1 aliphatic rings. The summed E-state index contributed by atoms with van der Waals surface area (Å²) in [6, 6.07) is 9.73. The zero-order valence-electron chi connectivity index (χ0n) is 11.5. The van der Waals surface area contributed by atoms with Crippen molar-refractivity contribution in [1.29, 1.82) is 0 Å². The van der Waals surface area contributed by atoms with Gasteiger partial charge in [0, 0.05) is 6.61 Å². The summed E-state index contributed by atoms with van der Waals surface area (Å²) >= 11 is 0. The van der Waals surface area contributed by atoms with Crippen molar-refractivity contribution in [2.45, 2.75) is 32.9 Å². The van der Waals surface area contributed by atoms with Gasteiger partial charge in [-0.3, -0.25) is 5.43 Å². The average molecular weight is 266 g/mol. The molecule has 1 aromatic carbocycles. The van der Waals surface area contributed by atoms with Crippen LogP contribution >= 0.6 is 0 Å². The van der Waals surface area contributed by atoms with E-state index in [0.717, 1.165) is 18.6 Å². The second kappa shape index (κ2) is 9.35. The molecule has 19 heavy (non-hydrogen) atoms. The van der Waals surface area contributed by atoms with Crippen molar-refractivity contribution in [1.82, 2.24) is 10.9 Å². The molecule has 1 aliphatic heterocycles. The zero-order chi connectivity index (χ0) is 13.9. The Morgan fingerprint density at radius 1 is 1.37 bits per heavy atom. The fourth-order valence-corrected chi connectivity index (χ4v) is 1.57. The Labute approximate surface area is 114 Å². The van der Waals surface area contributed by atoms with Crippen LogP contribution in [0.2, 0.25) is 0 Å². The van der Waals surface area contributed by atoms with Crippen molar-refractivity contribution >= 4 is 6.09 Å². The molecule has 0 saturated carbocycles. The van der Waals surface area contributed by atoms with Crippen LogP contribution in [0.1, 0.15) is 25.8 Å². The first-order valence-electron chi connectivity index (χ1n) is 6.64. The number of benzene rings is 1. The van der Waals surface area contributed by atoms with Crippen LogP contribution in [0.25, 0.3) is 0 Å². The Bertz CT molecular complexity index is 351. The van der Waals surface area contributed by atoms with Gasteiger partial charge in [0.1, 0.15) is 6.61 Å². The molecule has 0 aliphatic carbocycles. The van der Waals surface area contributed by atoms with Crippen LogP contribution in [-0.4, -0.2) is 25.3 Å². The maximum absolute atomic E-state index is 11.3. The monoisotopic (exact) mass is 266 g/mol. The number of ether oxygens (including phenoxy) is 2. The Morgan fingerprint density at radius 3 is 2.74 bits per heavy atom. The maximum atomic E-state index is 11.3. The largest absolute Gasteiger partial charge is 0.444 e. The number of nitrogens with one attached hydrogen (secondary N) is 2. The van der Waals surface area contributed by atoms with Gasteiger partial charge < -0.3 is 9.47 Å². The molecule has 5 nitrogen and oxygen atoms in total. The predicted octanol–water partition coefficient (Wildman–Crippen LogP) is 2.23. The number of hydrazine groups is 1. The average Bonchev–Trinajstić information content (AvgIpc) is 2.99. The molecule has 2 rings (SSSR count). The van der Waals surface area contributed by atoms with Crippen LogP contribution in [0.15, 0.2) is 30.3 Å². The third-order valence-corrected chi connectivity index (χ3v) is 2.52. The number of carbonyl (C=O) groups excluding carboxylic acids is 1. The molecule has 0 bridgehead atoms. The van der Waals surface area contributed by atoms with Crippen molar-refractivity contribution in [2.75, 3.05) is 13.2 Å². The van der Waals surface area contributed by atoms with E-state index in [1.807, 2.05) is 44.2 Å². The first-order chi connectivity index (χ1) is 9.34. The molecule has 2 N–H and O–H groups in total. The number of rotatable bonds is 4. The lowest BCUT2D eigenvalue weighted by atomic mass is 10.2. The van der Waals surface area contributed by atoms with Gasteiger partial charge in [0.15, 0.2) is 0 Å². The van der Waals surface area contributed by atoms with E-state index in [4.69, 9.17) is 9.47 Å². The lowest BCUT2D eigenvalue weighted by Crippen LogP contribution is -2.44. The van der Waals surface area contributed by atoms with Gasteiger partial charge in [-0.25, -0.2) is 10.2 Å². The van der Waals surface area contributed by atoms with E-state index in [1.54, 1.807) is 0 Å². The predicted molar refractivity (Wildman–Crippen MR) is 73.5 cm³/mol. The number of hydrogen-bond acceptors (Lipinski definition) is 4. The van der Waals surface area contributed by atoms with E-state index in [0.29, 0.717) is 6.61 Å². The molecule has 5 heteroatoms. The van der Waals surface area contributed by atoms with E-state index in [9.17, 15) is 4.79 Å². The maximum Gasteiger partial charge on any atom is 0.421 e. The van der Waals surface area contributed by atoms with Gasteiger partial charge in [-0.1, -0.05) is 44.2 Å². The van der Waals surface area contributed by atoms with E-state index >= 15 is 0 Å². The summed E-state index contributed by atoms with van der Waals surface area (Å²) in [7, 11) is 0. The lowest BCUT2D eigenvalue weighted by Gasteiger charge is -2.12. The van der Waals surface area contributed by atoms with Crippen molar-refractivity contribution in [2.24, 2.45) is 0 Å². The summed E-state index contributed by atoms with van der Waals surface area (Å²) in [6.07, 6.45) is 0.430. The van der Waals surface area contributed by atoms with E-state index in [1.165, 1.54) is 0 Å². The van der Waals surface area contributed by atoms with Gasteiger partial charge in [0.2, 0.25) is 0 Å². The minimum atomic E-state index is -0.472. The van der Waals surface area contributed by atoms with E-state index < -0.39 is 6.09 Å². The minimum Gasteiger partial charge on any atom is -0.444 e.